The van der Waals surface area contributed by atoms with Crippen molar-refractivity contribution in [2.45, 2.75) is 41.5 Å². The monoisotopic (exact) mass is 426 g/mol. The van der Waals surface area contributed by atoms with Gasteiger partial charge in [0, 0.05) is 19.8 Å². The first-order chi connectivity index (χ1) is 5.46. The van der Waals surface area contributed by atoms with Crippen molar-refractivity contribution in [1.29, 1.82) is 0 Å². The van der Waals surface area contributed by atoms with Crippen LogP contribution in [0.15, 0.2) is 0 Å². The maximum absolute atomic E-state index is 2.21. The fourth-order valence-corrected chi connectivity index (χ4v) is 1.69. The normalized spacial score (nSPS) is 8.40. The molecule has 0 saturated carbocycles. The van der Waals surface area contributed by atoms with Crippen LogP contribution in [0, 0.1) is 41.5 Å². The topological polar surface area (TPSA) is 0 Å². The third kappa shape index (κ3) is 3.74. The summed E-state index contributed by atoms with van der Waals surface area (Å²) in [5.41, 5.74) is 8.73. The molecular formula is C12H20Cl2Os. The standard InChI is InChI=1S/C12H18.2ClH.Os/c1-7-8(2)10(4)12(6)11(5)9(7)3;;;/h1-6H3;2*1H;. The Morgan fingerprint density at radius 3 is 0.533 bits per heavy atom. The third-order valence-corrected chi connectivity index (χ3v) is 3.38. The summed E-state index contributed by atoms with van der Waals surface area (Å²) in [6, 6.07) is 0. The van der Waals surface area contributed by atoms with Gasteiger partial charge >= 0.3 is 0 Å². The predicted molar refractivity (Wildman–Crippen MR) is 69.4 cm³/mol. The molecule has 0 unspecified atom stereocenters. The van der Waals surface area contributed by atoms with Gasteiger partial charge < -0.3 is 0 Å². The summed E-state index contributed by atoms with van der Waals surface area (Å²) in [7, 11) is 0. The molecule has 0 N–H and O–H groups in total. The largest absolute Gasteiger partial charge is 0.147 e. The molecule has 0 aliphatic heterocycles. The van der Waals surface area contributed by atoms with E-state index in [9.17, 15) is 0 Å². The Bertz CT molecular complexity index is 228. The van der Waals surface area contributed by atoms with Gasteiger partial charge in [0.1, 0.15) is 0 Å². The van der Waals surface area contributed by atoms with Crippen LogP contribution < -0.4 is 0 Å². The molecule has 0 nitrogen and oxygen atoms in total. The van der Waals surface area contributed by atoms with Crippen molar-refractivity contribution in [3.63, 3.8) is 0 Å². The molecule has 0 spiro atoms. The van der Waals surface area contributed by atoms with Crippen molar-refractivity contribution < 1.29 is 19.8 Å². The Morgan fingerprint density at radius 2 is 0.467 bits per heavy atom. The van der Waals surface area contributed by atoms with Gasteiger partial charge in [-0.15, -0.1) is 24.8 Å². The van der Waals surface area contributed by atoms with Gasteiger partial charge in [-0.3, -0.25) is 0 Å². The van der Waals surface area contributed by atoms with Crippen LogP contribution in [0.5, 0.6) is 0 Å². The van der Waals surface area contributed by atoms with E-state index in [-0.39, 0.29) is 44.6 Å². The first kappa shape index (κ1) is 20.8. The molecule has 0 aromatic heterocycles. The molecule has 0 amide bonds. The summed E-state index contributed by atoms with van der Waals surface area (Å²) in [6.45, 7) is 13.3. The average molecular weight is 425 g/mol. The van der Waals surface area contributed by atoms with Gasteiger partial charge in [0.25, 0.3) is 0 Å². The summed E-state index contributed by atoms with van der Waals surface area (Å²) in [5, 5.41) is 0. The number of rotatable bonds is 0. The molecule has 0 saturated heterocycles. The summed E-state index contributed by atoms with van der Waals surface area (Å²) < 4.78 is 0. The van der Waals surface area contributed by atoms with Gasteiger partial charge in [-0.05, 0) is 74.9 Å². The second-order valence-electron chi connectivity index (χ2n) is 3.75. The van der Waals surface area contributed by atoms with Crippen LogP contribution >= 0.6 is 24.8 Å². The van der Waals surface area contributed by atoms with Crippen LogP contribution in [-0.2, 0) is 19.8 Å². The number of hydrogen-bond donors (Lipinski definition) is 0. The van der Waals surface area contributed by atoms with Gasteiger partial charge in [-0.25, -0.2) is 0 Å². The van der Waals surface area contributed by atoms with Crippen LogP contribution in [-0.4, -0.2) is 0 Å². The molecule has 15 heavy (non-hydrogen) atoms. The maximum Gasteiger partial charge on any atom is 0 e. The molecule has 0 bridgehead atoms. The Morgan fingerprint density at radius 1 is 0.400 bits per heavy atom. The fourth-order valence-electron chi connectivity index (χ4n) is 1.69. The molecule has 0 fully saturated rings. The summed E-state index contributed by atoms with van der Waals surface area (Å²) in [4.78, 5) is 0. The van der Waals surface area contributed by atoms with Crippen LogP contribution in [0.25, 0.3) is 0 Å². The predicted octanol–water partition coefficient (Wildman–Crippen LogP) is 4.38. The molecule has 1 rings (SSSR count). The van der Waals surface area contributed by atoms with E-state index in [1.54, 1.807) is 0 Å². The van der Waals surface area contributed by atoms with E-state index in [0.717, 1.165) is 0 Å². The second-order valence-corrected chi connectivity index (χ2v) is 3.75. The van der Waals surface area contributed by atoms with E-state index in [1.807, 2.05) is 0 Å². The van der Waals surface area contributed by atoms with Crippen LogP contribution in [0.4, 0.5) is 0 Å². The van der Waals surface area contributed by atoms with E-state index < -0.39 is 0 Å². The number of halogens is 2. The molecule has 1 aromatic rings. The zero-order valence-electron chi connectivity index (χ0n) is 10.2. The van der Waals surface area contributed by atoms with Gasteiger partial charge in [0.05, 0.1) is 0 Å². The quantitative estimate of drug-likeness (QED) is 0.579. The second kappa shape index (κ2) is 7.67. The van der Waals surface area contributed by atoms with Crippen molar-refractivity contribution >= 4 is 24.8 Å². The van der Waals surface area contributed by atoms with E-state index in [4.69, 9.17) is 0 Å². The minimum Gasteiger partial charge on any atom is -0.147 e. The Labute approximate surface area is 119 Å². The van der Waals surface area contributed by atoms with E-state index in [2.05, 4.69) is 41.5 Å². The molecule has 0 aliphatic carbocycles. The first-order valence-electron chi connectivity index (χ1n) is 4.50. The average Bonchev–Trinajstić information content (AvgIpc) is 2.08. The molecule has 0 aliphatic rings. The van der Waals surface area contributed by atoms with Crippen molar-refractivity contribution in [3.05, 3.63) is 33.4 Å². The molecule has 0 heterocycles. The minimum atomic E-state index is 0. The number of benzene rings is 1. The molecular weight excluding hydrogens is 405 g/mol. The van der Waals surface area contributed by atoms with Crippen molar-refractivity contribution in [2.75, 3.05) is 0 Å². The van der Waals surface area contributed by atoms with Gasteiger partial charge in [0.2, 0.25) is 0 Å². The minimum absolute atomic E-state index is 0. The van der Waals surface area contributed by atoms with E-state index >= 15 is 0 Å². The van der Waals surface area contributed by atoms with Crippen molar-refractivity contribution in [2.24, 2.45) is 0 Å². The van der Waals surface area contributed by atoms with E-state index in [1.165, 1.54) is 33.4 Å². The van der Waals surface area contributed by atoms with E-state index in [0.29, 0.717) is 0 Å². The summed E-state index contributed by atoms with van der Waals surface area (Å²) in [5.74, 6) is 0. The maximum atomic E-state index is 2.21. The van der Waals surface area contributed by atoms with Crippen LogP contribution in [0.2, 0.25) is 0 Å². The smallest absolute Gasteiger partial charge is 0 e. The van der Waals surface area contributed by atoms with Crippen molar-refractivity contribution in [3.8, 4) is 0 Å². The third-order valence-electron chi connectivity index (χ3n) is 3.38. The van der Waals surface area contributed by atoms with Gasteiger partial charge in [0.15, 0.2) is 0 Å². The molecule has 0 radical (unpaired) electrons. The Kier molecular flexibility index (Phi) is 10.6. The van der Waals surface area contributed by atoms with Gasteiger partial charge in [-0.2, -0.15) is 0 Å². The molecule has 0 atom stereocenters. The SMILES string of the molecule is Cc1c(C)c(C)c(C)c(C)c1C.Cl.Cl.[Os]. The molecule has 1 aromatic carbocycles. The molecule has 3 heteroatoms. The Balaban J connectivity index is -0.000000480. The van der Waals surface area contributed by atoms with Crippen LogP contribution in [0.1, 0.15) is 33.4 Å². The first-order valence-corrected chi connectivity index (χ1v) is 4.50. The summed E-state index contributed by atoms with van der Waals surface area (Å²) >= 11 is 0. The zero-order chi connectivity index (χ0) is 9.46. The number of hydrogen-bond acceptors (Lipinski definition) is 0. The fraction of sp³-hybridized carbons (Fsp3) is 0.500. The molecule has 90 valence electrons. The summed E-state index contributed by atoms with van der Waals surface area (Å²) in [6.07, 6.45) is 0. The van der Waals surface area contributed by atoms with Gasteiger partial charge in [-0.1, -0.05) is 0 Å². The van der Waals surface area contributed by atoms with Crippen molar-refractivity contribution in [1.82, 2.24) is 0 Å². The van der Waals surface area contributed by atoms with Crippen LogP contribution in [0.3, 0.4) is 0 Å². The zero-order valence-corrected chi connectivity index (χ0v) is 14.3. The Hall–Kier alpha value is 0.436.